The van der Waals surface area contributed by atoms with Crippen LogP contribution in [0.4, 0.5) is 0 Å². The molecule has 4 atom stereocenters. The minimum absolute atomic E-state index is 0.0918. The van der Waals surface area contributed by atoms with Gasteiger partial charge in [-0.05, 0) is 43.7 Å². The molecule has 12 heteroatoms. The molecule has 0 saturated heterocycles. The van der Waals surface area contributed by atoms with Crippen molar-refractivity contribution in [3.8, 4) is 0 Å². The van der Waals surface area contributed by atoms with E-state index in [1.165, 1.54) is 0 Å². The monoisotopic (exact) mass is 520 g/mol. The molecule has 0 saturated carbocycles. The Morgan fingerprint density at radius 1 is 0.865 bits per heavy atom. The van der Waals surface area contributed by atoms with Crippen molar-refractivity contribution in [3.05, 3.63) is 35.9 Å². The van der Waals surface area contributed by atoms with Gasteiger partial charge in [0.05, 0.1) is 12.5 Å². The van der Waals surface area contributed by atoms with Crippen LogP contribution in [0.3, 0.4) is 0 Å². The zero-order chi connectivity index (χ0) is 28.0. The minimum atomic E-state index is -1.44. The Morgan fingerprint density at radius 2 is 1.43 bits per heavy atom. The molecule has 206 valence electrons. The molecule has 0 aliphatic heterocycles. The fourth-order valence-corrected chi connectivity index (χ4v) is 3.66. The third-order valence-electron chi connectivity index (χ3n) is 5.58. The summed E-state index contributed by atoms with van der Waals surface area (Å²) in [4.78, 5) is 62.0. The summed E-state index contributed by atoms with van der Waals surface area (Å²) in [6.45, 7) is 4.19. The van der Waals surface area contributed by atoms with Crippen LogP contribution in [0, 0.1) is 5.92 Å². The number of carbonyl (C=O) groups excluding carboxylic acids is 4. The standard InChI is InChI=1S/C25H40N6O6/c1-15(2)12-17(27)22(33)30-19(13-16-8-4-3-5-9-16)23(34)31-20(14-21(28)32)24(35)29-18(25(36)37)10-6-7-11-26/h3-5,8-9,15,17-20H,6-7,10-14,26-27H2,1-2H3,(H2,28,32)(H,29,35)(H,30,33)(H,31,34)(H,36,37). The van der Waals surface area contributed by atoms with Gasteiger partial charge in [0.1, 0.15) is 18.1 Å². The lowest BCUT2D eigenvalue weighted by molar-refractivity contribution is -0.142. The Labute approximate surface area is 217 Å². The molecule has 1 aromatic carbocycles. The van der Waals surface area contributed by atoms with E-state index >= 15 is 0 Å². The van der Waals surface area contributed by atoms with E-state index in [-0.39, 0.29) is 18.8 Å². The molecule has 0 aromatic heterocycles. The maximum Gasteiger partial charge on any atom is 0.326 e. The first-order valence-corrected chi connectivity index (χ1v) is 12.4. The molecule has 37 heavy (non-hydrogen) atoms. The van der Waals surface area contributed by atoms with E-state index in [2.05, 4.69) is 16.0 Å². The molecule has 0 radical (unpaired) electrons. The van der Waals surface area contributed by atoms with Crippen molar-refractivity contribution < 1.29 is 29.1 Å². The van der Waals surface area contributed by atoms with Crippen molar-refractivity contribution in [1.82, 2.24) is 16.0 Å². The lowest BCUT2D eigenvalue weighted by Gasteiger charge is -2.25. The molecule has 1 rings (SSSR count). The van der Waals surface area contributed by atoms with E-state index < -0.39 is 60.2 Å². The molecule has 4 amide bonds. The predicted octanol–water partition coefficient (Wildman–Crippen LogP) is -0.854. The molecular formula is C25H40N6O6. The Kier molecular flexibility index (Phi) is 13.9. The first kappa shape index (κ1) is 31.5. The van der Waals surface area contributed by atoms with Gasteiger partial charge in [0.2, 0.25) is 23.6 Å². The van der Waals surface area contributed by atoms with Gasteiger partial charge in [-0.2, -0.15) is 0 Å². The second kappa shape index (κ2) is 16.3. The minimum Gasteiger partial charge on any atom is -0.480 e. The van der Waals surface area contributed by atoms with Gasteiger partial charge >= 0.3 is 5.97 Å². The Balaban J connectivity index is 3.07. The summed E-state index contributed by atoms with van der Waals surface area (Å²) in [5, 5.41) is 16.9. The third kappa shape index (κ3) is 12.3. The average molecular weight is 521 g/mol. The molecule has 0 aliphatic carbocycles. The zero-order valence-corrected chi connectivity index (χ0v) is 21.4. The Bertz CT molecular complexity index is 910. The number of amides is 4. The highest BCUT2D eigenvalue weighted by atomic mass is 16.4. The van der Waals surface area contributed by atoms with E-state index in [0.29, 0.717) is 25.8 Å². The summed E-state index contributed by atoms with van der Waals surface area (Å²) < 4.78 is 0. The molecule has 4 unspecified atom stereocenters. The third-order valence-corrected chi connectivity index (χ3v) is 5.58. The quantitative estimate of drug-likeness (QED) is 0.128. The van der Waals surface area contributed by atoms with Crippen LogP contribution in [0.2, 0.25) is 0 Å². The summed E-state index contributed by atoms with van der Waals surface area (Å²) in [5.41, 5.74) is 17.4. The van der Waals surface area contributed by atoms with Gasteiger partial charge in [-0.15, -0.1) is 0 Å². The van der Waals surface area contributed by atoms with Crippen molar-refractivity contribution in [1.29, 1.82) is 0 Å². The van der Waals surface area contributed by atoms with Gasteiger partial charge in [-0.25, -0.2) is 4.79 Å². The summed E-state index contributed by atoms with van der Waals surface area (Å²) >= 11 is 0. The van der Waals surface area contributed by atoms with E-state index in [4.69, 9.17) is 17.2 Å². The number of primary amides is 1. The zero-order valence-electron chi connectivity index (χ0n) is 21.4. The number of benzene rings is 1. The predicted molar refractivity (Wildman–Crippen MR) is 138 cm³/mol. The number of carboxylic acid groups (broad SMARTS) is 1. The number of unbranched alkanes of at least 4 members (excludes halogenated alkanes) is 1. The van der Waals surface area contributed by atoms with Crippen molar-refractivity contribution in [2.45, 2.75) is 76.5 Å². The summed E-state index contributed by atoms with van der Waals surface area (Å²) in [6.07, 6.45) is 1.08. The van der Waals surface area contributed by atoms with Crippen LogP contribution in [-0.2, 0) is 30.4 Å². The topological polar surface area (TPSA) is 220 Å². The first-order chi connectivity index (χ1) is 17.4. The number of hydrogen-bond acceptors (Lipinski definition) is 7. The molecule has 1 aromatic rings. The van der Waals surface area contributed by atoms with Crippen LogP contribution >= 0.6 is 0 Å². The fraction of sp³-hybridized carbons (Fsp3) is 0.560. The van der Waals surface area contributed by atoms with Crippen molar-refractivity contribution in [3.63, 3.8) is 0 Å². The van der Waals surface area contributed by atoms with Crippen LogP contribution in [0.25, 0.3) is 0 Å². The van der Waals surface area contributed by atoms with Crippen molar-refractivity contribution in [2.75, 3.05) is 6.54 Å². The molecule has 0 heterocycles. The van der Waals surface area contributed by atoms with Gasteiger partial charge in [-0.3, -0.25) is 19.2 Å². The van der Waals surface area contributed by atoms with E-state index in [1.54, 1.807) is 30.3 Å². The summed E-state index contributed by atoms with van der Waals surface area (Å²) in [5.74, 6) is -4.15. The second-order valence-electron chi connectivity index (χ2n) is 9.40. The molecule has 0 aliphatic rings. The maximum atomic E-state index is 13.2. The molecule has 0 spiro atoms. The second-order valence-corrected chi connectivity index (χ2v) is 9.40. The van der Waals surface area contributed by atoms with Crippen molar-refractivity contribution in [2.24, 2.45) is 23.1 Å². The molecular weight excluding hydrogens is 480 g/mol. The average Bonchev–Trinajstić information content (AvgIpc) is 2.82. The number of nitrogens with one attached hydrogen (secondary N) is 3. The van der Waals surface area contributed by atoms with Crippen LogP contribution in [0.15, 0.2) is 30.3 Å². The van der Waals surface area contributed by atoms with Crippen LogP contribution in [0.1, 0.15) is 51.5 Å². The number of carbonyl (C=O) groups is 5. The van der Waals surface area contributed by atoms with Gasteiger partial charge in [0, 0.05) is 6.42 Å². The maximum absolute atomic E-state index is 13.2. The van der Waals surface area contributed by atoms with Crippen LogP contribution in [0.5, 0.6) is 0 Å². The largest absolute Gasteiger partial charge is 0.480 e. The summed E-state index contributed by atoms with van der Waals surface area (Å²) in [7, 11) is 0. The van der Waals surface area contributed by atoms with Gasteiger partial charge in [0.15, 0.2) is 0 Å². The van der Waals surface area contributed by atoms with Crippen LogP contribution in [-0.4, -0.2) is 65.4 Å². The van der Waals surface area contributed by atoms with Gasteiger partial charge in [-0.1, -0.05) is 44.2 Å². The SMILES string of the molecule is CC(C)CC(N)C(=O)NC(Cc1ccccc1)C(=O)NC(CC(N)=O)C(=O)NC(CCCCN)C(=O)O. The fourth-order valence-electron chi connectivity index (χ4n) is 3.66. The Hall–Kier alpha value is -3.51. The highest BCUT2D eigenvalue weighted by Crippen LogP contribution is 2.08. The lowest BCUT2D eigenvalue weighted by atomic mass is 10.0. The smallest absolute Gasteiger partial charge is 0.326 e. The molecule has 0 bridgehead atoms. The first-order valence-electron chi connectivity index (χ1n) is 12.4. The lowest BCUT2D eigenvalue weighted by Crippen LogP contribution is -2.58. The number of hydrogen-bond donors (Lipinski definition) is 7. The molecule has 0 fully saturated rings. The van der Waals surface area contributed by atoms with E-state index in [9.17, 15) is 29.1 Å². The normalized spacial score (nSPS) is 14.2. The van der Waals surface area contributed by atoms with Crippen molar-refractivity contribution >= 4 is 29.6 Å². The highest BCUT2D eigenvalue weighted by molar-refractivity contribution is 5.96. The number of carboxylic acids is 1. The van der Waals surface area contributed by atoms with Gasteiger partial charge < -0.3 is 38.3 Å². The van der Waals surface area contributed by atoms with Crippen LogP contribution < -0.4 is 33.2 Å². The number of nitrogens with two attached hydrogens (primary N) is 3. The van der Waals surface area contributed by atoms with E-state index in [0.717, 1.165) is 5.56 Å². The number of aliphatic carboxylic acids is 1. The highest BCUT2D eigenvalue weighted by Gasteiger charge is 2.31. The molecule has 10 N–H and O–H groups in total. The van der Waals surface area contributed by atoms with E-state index in [1.807, 2.05) is 13.8 Å². The van der Waals surface area contributed by atoms with Gasteiger partial charge in [0.25, 0.3) is 0 Å². The Morgan fingerprint density at radius 3 is 1.97 bits per heavy atom. The summed E-state index contributed by atoms with van der Waals surface area (Å²) in [6, 6.07) is 4.25. The molecule has 12 nitrogen and oxygen atoms in total. The number of rotatable bonds is 17.